The lowest BCUT2D eigenvalue weighted by molar-refractivity contribution is 0.157. The number of nitrogens with zero attached hydrogens (tertiary/aromatic N) is 5. The summed E-state index contributed by atoms with van der Waals surface area (Å²) in [4.78, 5) is 11.1. The zero-order chi connectivity index (χ0) is 17.5. The molecule has 1 unspecified atom stereocenters. The third kappa shape index (κ3) is 5.41. The Morgan fingerprint density at radius 3 is 2.81 bits per heavy atom. The van der Waals surface area contributed by atoms with Crippen LogP contribution in [0.25, 0.3) is 5.69 Å². The van der Waals surface area contributed by atoms with Crippen LogP contribution in [0.1, 0.15) is 18.9 Å². The highest BCUT2D eigenvalue weighted by molar-refractivity contribution is 14.0. The lowest BCUT2D eigenvalue weighted by atomic mass is 10.1. The molecule has 7 nitrogen and oxygen atoms in total. The first kappa shape index (κ1) is 20.6. The van der Waals surface area contributed by atoms with Crippen molar-refractivity contribution in [3.8, 4) is 5.69 Å². The van der Waals surface area contributed by atoms with Crippen LogP contribution >= 0.6 is 24.0 Å². The van der Waals surface area contributed by atoms with Gasteiger partial charge in [-0.1, -0.05) is 12.1 Å². The molecule has 2 heterocycles. The Hall–Kier alpha value is -1.68. The van der Waals surface area contributed by atoms with Gasteiger partial charge >= 0.3 is 0 Å². The summed E-state index contributed by atoms with van der Waals surface area (Å²) in [7, 11) is 1.77. The number of benzene rings is 1. The fourth-order valence-corrected chi connectivity index (χ4v) is 3.08. The van der Waals surface area contributed by atoms with Gasteiger partial charge in [-0.05, 0) is 31.0 Å². The van der Waals surface area contributed by atoms with E-state index in [1.807, 2.05) is 12.1 Å². The molecule has 8 heteroatoms. The number of hydrogen-bond donors (Lipinski definition) is 1. The van der Waals surface area contributed by atoms with Crippen molar-refractivity contribution in [2.45, 2.75) is 19.9 Å². The maximum atomic E-state index is 5.29. The monoisotopic (exact) mass is 470 g/mol. The van der Waals surface area contributed by atoms with Gasteiger partial charge in [0.25, 0.3) is 0 Å². The summed E-state index contributed by atoms with van der Waals surface area (Å²) in [5.74, 6) is 1.58. The van der Waals surface area contributed by atoms with Crippen LogP contribution in [0.3, 0.4) is 0 Å². The second kappa shape index (κ2) is 10.5. The highest BCUT2D eigenvalue weighted by Gasteiger charge is 2.24. The maximum absolute atomic E-state index is 5.29. The summed E-state index contributed by atoms with van der Waals surface area (Å²) in [5, 5.41) is 7.54. The summed E-state index contributed by atoms with van der Waals surface area (Å²) in [6, 6.07) is 8.25. The minimum atomic E-state index is 0. The molecule has 1 aliphatic heterocycles. The zero-order valence-corrected chi connectivity index (χ0v) is 17.7. The van der Waals surface area contributed by atoms with Gasteiger partial charge in [0.15, 0.2) is 5.96 Å². The summed E-state index contributed by atoms with van der Waals surface area (Å²) in [5.41, 5.74) is 2.17. The second-order valence-electron chi connectivity index (χ2n) is 6.23. The summed E-state index contributed by atoms with van der Waals surface area (Å²) in [6.45, 7) is 6.49. The molecule has 3 rings (SSSR count). The molecule has 1 atom stereocenters. The molecule has 0 amide bonds. The topological polar surface area (TPSA) is 67.6 Å². The molecule has 26 heavy (non-hydrogen) atoms. The van der Waals surface area contributed by atoms with Crippen molar-refractivity contribution in [3.63, 3.8) is 0 Å². The SMILES string of the molecule is CCNC(=NCc1ccc(-n2cncn2)cc1)N1CCC(COC)C1.I. The zero-order valence-electron chi connectivity index (χ0n) is 15.3. The molecule has 0 aliphatic carbocycles. The van der Waals surface area contributed by atoms with E-state index < -0.39 is 0 Å². The van der Waals surface area contributed by atoms with Crippen molar-refractivity contribution in [2.75, 3.05) is 33.4 Å². The number of nitrogens with one attached hydrogen (secondary N) is 1. The number of methoxy groups -OCH3 is 1. The Labute approximate surface area is 171 Å². The smallest absolute Gasteiger partial charge is 0.194 e. The molecular formula is C18H27IN6O. The van der Waals surface area contributed by atoms with E-state index in [0.29, 0.717) is 12.5 Å². The number of aromatic nitrogens is 3. The molecule has 2 aromatic rings. The predicted octanol–water partition coefficient (Wildman–Crippen LogP) is 2.32. The van der Waals surface area contributed by atoms with Crippen molar-refractivity contribution in [3.05, 3.63) is 42.5 Å². The van der Waals surface area contributed by atoms with E-state index in [2.05, 4.69) is 39.4 Å². The summed E-state index contributed by atoms with van der Waals surface area (Å²) in [6.07, 6.45) is 4.39. The van der Waals surface area contributed by atoms with Gasteiger partial charge in [0.2, 0.25) is 0 Å². The van der Waals surface area contributed by atoms with E-state index in [9.17, 15) is 0 Å². The van der Waals surface area contributed by atoms with Crippen molar-refractivity contribution in [1.29, 1.82) is 0 Å². The van der Waals surface area contributed by atoms with Gasteiger partial charge in [-0.15, -0.1) is 24.0 Å². The Balaban J connectivity index is 0.00000243. The van der Waals surface area contributed by atoms with Crippen LogP contribution in [0.5, 0.6) is 0 Å². The van der Waals surface area contributed by atoms with E-state index in [1.54, 1.807) is 18.1 Å². The van der Waals surface area contributed by atoms with Crippen molar-refractivity contribution < 1.29 is 4.74 Å². The Bertz CT molecular complexity index is 673. The van der Waals surface area contributed by atoms with Gasteiger partial charge in [0.05, 0.1) is 18.8 Å². The summed E-state index contributed by atoms with van der Waals surface area (Å²) >= 11 is 0. The van der Waals surface area contributed by atoms with Crippen LogP contribution in [-0.4, -0.2) is 59.0 Å². The van der Waals surface area contributed by atoms with E-state index >= 15 is 0 Å². The molecule has 1 N–H and O–H groups in total. The number of rotatable bonds is 6. The largest absolute Gasteiger partial charge is 0.384 e. The third-order valence-electron chi connectivity index (χ3n) is 4.35. The number of likely N-dealkylation sites (tertiary alicyclic amines) is 1. The van der Waals surface area contributed by atoms with Crippen LogP contribution in [-0.2, 0) is 11.3 Å². The van der Waals surface area contributed by atoms with Gasteiger partial charge in [-0.2, -0.15) is 5.10 Å². The molecule has 0 radical (unpaired) electrons. The van der Waals surface area contributed by atoms with Gasteiger partial charge in [-0.3, -0.25) is 0 Å². The Morgan fingerprint density at radius 2 is 2.15 bits per heavy atom. The van der Waals surface area contributed by atoms with E-state index in [1.165, 1.54) is 11.9 Å². The number of hydrogen-bond acceptors (Lipinski definition) is 4. The average Bonchev–Trinajstić information content (AvgIpc) is 3.31. The molecule has 1 aliphatic rings. The first-order valence-corrected chi connectivity index (χ1v) is 8.76. The molecule has 0 spiro atoms. The quantitative estimate of drug-likeness (QED) is 0.399. The van der Waals surface area contributed by atoms with Crippen LogP contribution in [0.15, 0.2) is 41.9 Å². The fraction of sp³-hybridized carbons (Fsp3) is 0.500. The maximum Gasteiger partial charge on any atom is 0.194 e. The lowest BCUT2D eigenvalue weighted by Gasteiger charge is -2.21. The number of aliphatic imine (C=N–C) groups is 1. The third-order valence-corrected chi connectivity index (χ3v) is 4.35. The van der Waals surface area contributed by atoms with Gasteiger partial charge in [-0.25, -0.2) is 14.7 Å². The van der Waals surface area contributed by atoms with Crippen LogP contribution < -0.4 is 5.32 Å². The average molecular weight is 470 g/mol. The molecule has 1 saturated heterocycles. The first-order valence-electron chi connectivity index (χ1n) is 8.76. The van der Waals surface area contributed by atoms with Crippen LogP contribution in [0.4, 0.5) is 0 Å². The molecule has 1 aromatic carbocycles. The van der Waals surface area contributed by atoms with Crippen LogP contribution in [0, 0.1) is 5.92 Å². The first-order chi connectivity index (χ1) is 12.3. The minimum Gasteiger partial charge on any atom is -0.384 e. The molecule has 0 saturated carbocycles. The number of halogens is 1. The Morgan fingerprint density at radius 1 is 1.35 bits per heavy atom. The number of guanidine groups is 1. The highest BCUT2D eigenvalue weighted by Crippen LogP contribution is 2.17. The molecule has 1 fully saturated rings. The standard InChI is InChI=1S/C18H26N6O.HI/c1-3-20-18(23-9-8-16(11-23)12-25-2)21-10-15-4-6-17(7-5-15)24-14-19-13-22-24;/h4-7,13-14,16H,3,8-12H2,1-2H3,(H,20,21);1H. The van der Waals surface area contributed by atoms with Crippen molar-refractivity contribution in [2.24, 2.45) is 10.9 Å². The summed E-state index contributed by atoms with van der Waals surface area (Å²) < 4.78 is 7.03. The van der Waals surface area contributed by atoms with Gasteiger partial charge in [0.1, 0.15) is 12.7 Å². The fourth-order valence-electron chi connectivity index (χ4n) is 3.08. The predicted molar refractivity (Wildman–Crippen MR) is 113 cm³/mol. The minimum absolute atomic E-state index is 0. The van der Waals surface area contributed by atoms with Crippen LogP contribution in [0.2, 0.25) is 0 Å². The normalized spacial score (nSPS) is 17.2. The molecule has 1 aromatic heterocycles. The lowest BCUT2D eigenvalue weighted by Crippen LogP contribution is -2.40. The highest BCUT2D eigenvalue weighted by atomic mass is 127. The van der Waals surface area contributed by atoms with E-state index in [0.717, 1.165) is 44.3 Å². The number of ether oxygens (including phenoxy) is 1. The second-order valence-corrected chi connectivity index (χ2v) is 6.23. The van der Waals surface area contributed by atoms with Gasteiger partial charge in [0, 0.05) is 32.7 Å². The molecule has 142 valence electrons. The van der Waals surface area contributed by atoms with Crippen molar-refractivity contribution in [1.82, 2.24) is 25.0 Å². The van der Waals surface area contributed by atoms with E-state index in [-0.39, 0.29) is 24.0 Å². The van der Waals surface area contributed by atoms with Gasteiger partial charge < -0.3 is 15.0 Å². The van der Waals surface area contributed by atoms with Crippen molar-refractivity contribution >= 4 is 29.9 Å². The molecular weight excluding hydrogens is 443 g/mol. The molecule has 0 bridgehead atoms. The Kier molecular flexibility index (Phi) is 8.30. The van der Waals surface area contributed by atoms with E-state index in [4.69, 9.17) is 9.73 Å².